The van der Waals surface area contributed by atoms with Crippen molar-refractivity contribution in [3.05, 3.63) is 23.6 Å². The van der Waals surface area contributed by atoms with Gasteiger partial charge in [-0.3, -0.25) is 9.98 Å². The van der Waals surface area contributed by atoms with Crippen molar-refractivity contribution >= 4 is 19.2 Å². The smallest absolute Gasteiger partial charge is 0.158 e. The van der Waals surface area contributed by atoms with Gasteiger partial charge in [0.15, 0.2) is 5.76 Å². The number of nitrogens with zero attached hydrogens (tertiary/aromatic N) is 2. The summed E-state index contributed by atoms with van der Waals surface area (Å²) in [6.07, 6.45) is 8.58. The average molecular weight is 276 g/mol. The van der Waals surface area contributed by atoms with E-state index in [1.807, 2.05) is 26.8 Å². The van der Waals surface area contributed by atoms with Crippen LogP contribution < -0.4 is 0 Å². The molecule has 110 valence electrons. The highest BCUT2D eigenvalue weighted by atomic mass is 16.5. The van der Waals surface area contributed by atoms with Crippen molar-refractivity contribution in [2.45, 2.75) is 33.6 Å². The van der Waals surface area contributed by atoms with E-state index in [2.05, 4.69) is 22.8 Å². The molecule has 1 fully saturated rings. The fourth-order valence-corrected chi connectivity index (χ4v) is 2.09. The lowest BCUT2D eigenvalue weighted by Crippen LogP contribution is -2.14. The largest absolute Gasteiger partial charge is 0.489 e. The lowest BCUT2D eigenvalue weighted by Gasteiger charge is -2.16. The van der Waals surface area contributed by atoms with Crippen LogP contribution in [-0.2, 0) is 9.53 Å². The molecule has 4 heteroatoms. The van der Waals surface area contributed by atoms with Crippen LogP contribution in [0.3, 0.4) is 0 Å². The number of aldehydes is 1. The lowest BCUT2D eigenvalue weighted by atomic mass is 10.0. The second kappa shape index (κ2) is 7.78. The number of rotatable bonds is 9. The SMILES string of the molecule is C=N/C(C)=C(\C=NCC)OC[C@@]1(C/C=C\C)C[C@H]1C=O. The first kappa shape index (κ1) is 16.3. The first-order chi connectivity index (χ1) is 9.63. The molecule has 0 amide bonds. The van der Waals surface area contributed by atoms with Crippen LogP contribution in [0.15, 0.2) is 33.6 Å². The second-order valence-electron chi connectivity index (χ2n) is 5.11. The maximum Gasteiger partial charge on any atom is 0.158 e. The van der Waals surface area contributed by atoms with Gasteiger partial charge >= 0.3 is 0 Å². The van der Waals surface area contributed by atoms with Gasteiger partial charge in [0, 0.05) is 17.9 Å². The Labute approximate surface area is 121 Å². The van der Waals surface area contributed by atoms with Gasteiger partial charge < -0.3 is 9.53 Å². The third-order valence-electron chi connectivity index (χ3n) is 3.68. The Morgan fingerprint density at radius 1 is 1.55 bits per heavy atom. The van der Waals surface area contributed by atoms with Crippen LogP contribution in [0.25, 0.3) is 0 Å². The number of aliphatic imine (C=N–C) groups is 2. The highest BCUT2D eigenvalue weighted by Gasteiger charge is 2.53. The zero-order chi connectivity index (χ0) is 15.0. The normalized spacial score (nSPS) is 26.6. The van der Waals surface area contributed by atoms with Crippen molar-refractivity contribution in [2.24, 2.45) is 21.3 Å². The molecule has 0 spiro atoms. The minimum absolute atomic E-state index is 0.0545. The van der Waals surface area contributed by atoms with Crippen molar-refractivity contribution in [3.63, 3.8) is 0 Å². The molecule has 1 aliphatic carbocycles. The van der Waals surface area contributed by atoms with Crippen LogP contribution in [0.2, 0.25) is 0 Å². The Kier molecular flexibility index (Phi) is 6.36. The van der Waals surface area contributed by atoms with Crippen molar-refractivity contribution in [1.29, 1.82) is 0 Å². The number of allylic oxidation sites excluding steroid dienone is 4. The van der Waals surface area contributed by atoms with E-state index in [9.17, 15) is 4.79 Å². The molecule has 1 saturated carbocycles. The number of hydrogen-bond acceptors (Lipinski definition) is 4. The summed E-state index contributed by atoms with van der Waals surface area (Å²) in [7, 11) is 0. The standard InChI is InChI=1S/C16H24N2O2/c1-5-7-8-16(9-14(16)11-19)12-20-15(10-18-6-2)13(3)17-4/h5,7,10-11,14H,4,6,8-9,12H2,1-3H3/b7-5-,15-13+,18-10?/t14-,16+/m0/s1. The van der Waals surface area contributed by atoms with E-state index >= 15 is 0 Å². The van der Waals surface area contributed by atoms with E-state index in [0.29, 0.717) is 24.6 Å². The molecule has 0 bridgehead atoms. The summed E-state index contributed by atoms with van der Waals surface area (Å²) in [4.78, 5) is 19.1. The molecular formula is C16H24N2O2. The molecule has 0 heterocycles. The van der Waals surface area contributed by atoms with Crippen molar-refractivity contribution in [2.75, 3.05) is 13.2 Å². The molecule has 0 aromatic rings. The van der Waals surface area contributed by atoms with E-state index in [1.54, 1.807) is 6.21 Å². The molecule has 4 nitrogen and oxygen atoms in total. The Hall–Kier alpha value is -1.71. The minimum Gasteiger partial charge on any atom is -0.489 e. The maximum absolute atomic E-state index is 11.0. The van der Waals surface area contributed by atoms with Crippen LogP contribution in [0.1, 0.15) is 33.6 Å². The molecule has 20 heavy (non-hydrogen) atoms. The molecule has 0 aliphatic heterocycles. The highest BCUT2D eigenvalue weighted by Crippen LogP contribution is 2.54. The summed E-state index contributed by atoms with van der Waals surface area (Å²) in [6, 6.07) is 0. The number of carbonyl (C=O) groups excluding carboxylic acids is 1. The second-order valence-corrected chi connectivity index (χ2v) is 5.11. The topological polar surface area (TPSA) is 51.0 Å². The number of carbonyl (C=O) groups is 1. The summed E-state index contributed by atoms with van der Waals surface area (Å²) in [5, 5.41) is 0. The molecule has 1 rings (SSSR count). The molecular weight excluding hydrogens is 252 g/mol. The Bertz CT molecular complexity index is 438. The van der Waals surface area contributed by atoms with Gasteiger partial charge in [0.05, 0.1) is 18.5 Å². The third kappa shape index (κ3) is 4.15. The van der Waals surface area contributed by atoms with Gasteiger partial charge in [0.2, 0.25) is 0 Å². The Balaban J connectivity index is 2.73. The van der Waals surface area contributed by atoms with E-state index < -0.39 is 0 Å². The van der Waals surface area contributed by atoms with Crippen LogP contribution in [0, 0.1) is 11.3 Å². The monoisotopic (exact) mass is 276 g/mol. The summed E-state index contributed by atoms with van der Waals surface area (Å²) in [5.74, 6) is 0.735. The highest BCUT2D eigenvalue weighted by molar-refractivity contribution is 5.77. The summed E-state index contributed by atoms with van der Waals surface area (Å²) in [5.41, 5.74) is 0.660. The van der Waals surface area contributed by atoms with Gasteiger partial charge in [-0.1, -0.05) is 12.2 Å². The summed E-state index contributed by atoms with van der Waals surface area (Å²) in [6.45, 7) is 10.5. The average Bonchev–Trinajstić information content (AvgIpc) is 3.18. The van der Waals surface area contributed by atoms with E-state index in [-0.39, 0.29) is 11.3 Å². The fourth-order valence-electron chi connectivity index (χ4n) is 2.09. The van der Waals surface area contributed by atoms with Gasteiger partial charge in [0.1, 0.15) is 6.29 Å². The zero-order valence-corrected chi connectivity index (χ0v) is 12.6. The molecule has 0 aromatic carbocycles. The van der Waals surface area contributed by atoms with Crippen molar-refractivity contribution < 1.29 is 9.53 Å². The summed E-state index contributed by atoms with van der Waals surface area (Å²) >= 11 is 0. The van der Waals surface area contributed by atoms with Gasteiger partial charge in [-0.05, 0) is 40.3 Å². The molecule has 2 atom stereocenters. The maximum atomic E-state index is 11.0. The van der Waals surface area contributed by atoms with Crippen molar-refractivity contribution in [1.82, 2.24) is 0 Å². The zero-order valence-electron chi connectivity index (χ0n) is 12.6. The van der Waals surface area contributed by atoms with Gasteiger partial charge in [-0.15, -0.1) is 0 Å². The first-order valence-electron chi connectivity index (χ1n) is 7.00. The third-order valence-corrected chi connectivity index (χ3v) is 3.68. The number of hydrogen-bond donors (Lipinski definition) is 0. The molecule has 0 aromatic heterocycles. The van der Waals surface area contributed by atoms with Crippen LogP contribution in [-0.4, -0.2) is 32.4 Å². The van der Waals surface area contributed by atoms with Crippen molar-refractivity contribution in [3.8, 4) is 0 Å². The first-order valence-corrected chi connectivity index (χ1v) is 7.00. The van der Waals surface area contributed by atoms with Gasteiger partial charge in [0.25, 0.3) is 0 Å². The van der Waals surface area contributed by atoms with Crippen LogP contribution >= 0.6 is 0 Å². The molecule has 0 N–H and O–H groups in total. The Morgan fingerprint density at radius 2 is 2.30 bits per heavy atom. The van der Waals surface area contributed by atoms with Crippen LogP contribution in [0.5, 0.6) is 0 Å². The number of ether oxygens (including phenoxy) is 1. The van der Waals surface area contributed by atoms with E-state index in [1.165, 1.54) is 0 Å². The minimum atomic E-state index is -0.0545. The van der Waals surface area contributed by atoms with Crippen LogP contribution in [0.4, 0.5) is 0 Å². The summed E-state index contributed by atoms with van der Waals surface area (Å²) < 4.78 is 5.86. The van der Waals surface area contributed by atoms with E-state index in [0.717, 1.165) is 19.1 Å². The van der Waals surface area contributed by atoms with E-state index in [4.69, 9.17) is 4.74 Å². The quantitative estimate of drug-likeness (QED) is 0.281. The Morgan fingerprint density at radius 3 is 2.80 bits per heavy atom. The molecule has 1 aliphatic rings. The van der Waals surface area contributed by atoms with Gasteiger partial charge in [-0.2, -0.15) is 0 Å². The molecule has 0 unspecified atom stereocenters. The van der Waals surface area contributed by atoms with Gasteiger partial charge in [-0.25, -0.2) is 0 Å². The molecule has 0 radical (unpaired) electrons. The fraction of sp³-hybridized carbons (Fsp3) is 0.562. The lowest BCUT2D eigenvalue weighted by molar-refractivity contribution is -0.109. The predicted molar refractivity (Wildman–Crippen MR) is 83.3 cm³/mol. The predicted octanol–water partition coefficient (Wildman–Crippen LogP) is 3.20. The molecule has 0 saturated heterocycles.